The average Bonchev–Trinajstić information content (AvgIpc) is 2.95. The lowest BCUT2D eigenvalue weighted by Crippen LogP contribution is -2.42. The Morgan fingerprint density at radius 1 is 1.04 bits per heavy atom. The number of carbonyl (C=O) groups excluding carboxylic acids is 1. The van der Waals surface area contributed by atoms with E-state index in [9.17, 15) is 4.79 Å². The molecule has 2 aliphatic rings. The fourth-order valence-corrected chi connectivity index (χ4v) is 4.41. The standard InChI is InChI=1S/C19H27NO4/c1-12-9-13-7-5-6-8-15(13)20(12)19(21)14-10-16(22-2)18(24-4)17(11-14)23-3/h10-13,15H,5-9H2,1-4H3. The molecule has 3 atom stereocenters. The van der Waals surface area contributed by atoms with Gasteiger partial charge in [-0.2, -0.15) is 0 Å². The van der Waals surface area contributed by atoms with Crippen molar-refractivity contribution in [2.24, 2.45) is 5.92 Å². The van der Waals surface area contributed by atoms with Crippen molar-refractivity contribution >= 4 is 5.91 Å². The summed E-state index contributed by atoms with van der Waals surface area (Å²) in [6.07, 6.45) is 5.98. The van der Waals surface area contributed by atoms with E-state index in [1.165, 1.54) is 19.3 Å². The summed E-state index contributed by atoms with van der Waals surface area (Å²) in [7, 11) is 4.71. The van der Waals surface area contributed by atoms with Gasteiger partial charge in [0, 0.05) is 17.6 Å². The van der Waals surface area contributed by atoms with E-state index < -0.39 is 0 Å². The minimum absolute atomic E-state index is 0.0659. The van der Waals surface area contributed by atoms with E-state index in [2.05, 4.69) is 11.8 Å². The highest BCUT2D eigenvalue weighted by Crippen LogP contribution is 2.42. The Kier molecular flexibility index (Phi) is 4.88. The van der Waals surface area contributed by atoms with Crippen molar-refractivity contribution in [2.45, 2.75) is 51.1 Å². The van der Waals surface area contributed by atoms with Gasteiger partial charge in [0.1, 0.15) is 0 Å². The summed E-state index contributed by atoms with van der Waals surface area (Å²) >= 11 is 0. The van der Waals surface area contributed by atoms with Gasteiger partial charge in [0.25, 0.3) is 5.91 Å². The zero-order chi connectivity index (χ0) is 17.3. The van der Waals surface area contributed by atoms with Crippen LogP contribution in [0.3, 0.4) is 0 Å². The molecule has 132 valence electrons. The maximum atomic E-state index is 13.2. The molecule has 0 N–H and O–H groups in total. The molecule has 1 amide bonds. The molecular formula is C19H27NO4. The van der Waals surface area contributed by atoms with Crippen molar-refractivity contribution in [3.8, 4) is 17.2 Å². The first-order valence-electron chi connectivity index (χ1n) is 8.73. The van der Waals surface area contributed by atoms with Gasteiger partial charge in [-0.1, -0.05) is 12.8 Å². The number of likely N-dealkylation sites (tertiary alicyclic amines) is 1. The van der Waals surface area contributed by atoms with Crippen LogP contribution in [0, 0.1) is 5.92 Å². The molecule has 1 heterocycles. The van der Waals surface area contributed by atoms with Crippen LogP contribution in [0.25, 0.3) is 0 Å². The molecule has 1 aromatic rings. The second-order valence-corrected chi connectivity index (χ2v) is 6.82. The van der Waals surface area contributed by atoms with Gasteiger partial charge in [-0.25, -0.2) is 0 Å². The first kappa shape index (κ1) is 16.9. The molecule has 0 radical (unpaired) electrons. The highest BCUT2D eigenvalue weighted by atomic mass is 16.5. The van der Waals surface area contributed by atoms with E-state index in [1.807, 2.05) is 0 Å². The molecule has 1 aliphatic carbocycles. The second kappa shape index (κ2) is 6.91. The van der Waals surface area contributed by atoms with Crippen LogP contribution in [0.15, 0.2) is 12.1 Å². The zero-order valence-corrected chi connectivity index (χ0v) is 15.0. The lowest BCUT2D eigenvalue weighted by atomic mass is 9.85. The fourth-order valence-electron chi connectivity index (χ4n) is 4.41. The Bertz CT molecular complexity index is 590. The van der Waals surface area contributed by atoms with Gasteiger partial charge in [-0.05, 0) is 44.2 Å². The second-order valence-electron chi connectivity index (χ2n) is 6.82. The van der Waals surface area contributed by atoms with Crippen LogP contribution in [-0.2, 0) is 0 Å². The Hall–Kier alpha value is -1.91. The summed E-state index contributed by atoms with van der Waals surface area (Å²) in [5.74, 6) is 2.27. The van der Waals surface area contributed by atoms with Crippen molar-refractivity contribution in [2.75, 3.05) is 21.3 Å². The third kappa shape index (κ3) is 2.80. The first-order valence-corrected chi connectivity index (χ1v) is 8.73. The van der Waals surface area contributed by atoms with E-state index in [4.69, 9.17) is 14.2 Å². The third-order valence-electron chi connectivity index (χ3n) is 5.49. The molecule has 24 heavy (non-hydrogen) atoms. The Labute approximate surface area is 143 Å². The van der Waals surface area contributed by atoms with Crippen LogP contribution in [0.4, 0.5) is 0 Å². The fraction of sp³-hybridized carbons (Fsp3) is 0.632. The van der Waals surface area contributed by atoms with E-state index in [0.29, 0.717) is 34.8 Å². The number of hydrogen-bond donors (Lipinski definition) is 0. The largest absolute Gasteiger partial charge is 0.493 e. The molecule has 3 rings (SSSR count). The van der Waals surface area contributed by atoms with Crippen molar-refractivity contribution in [3.05, 3.63) is 17.7 Å². The number of nitrogens with zero attached hydrogens (tertiary/aromatic N) is 1. The molecule has 1 aliphatic heterocycles. The molecular weight excluding hydrogens is 306 g/mol. The number of hydrogen-bond acceptors (Lipinski definition) is 4. The number of benzene rings is 1. The van der Waals surface area contributed by atoms with Crippen LogP contribution in [0.5, 0.6) is 17.2 Å². The third-order valence-corrected chi connectivity index (χ3v) is 5.49. The minimum atomic E-state index is 0.0659. The molecule has 3 unspecified atom stereocenters. The topological polar surface area (TPSA) is 48.0 Å². The number of methoxy groups -OCH3 is 3. The highest BCUT2D eigenvalue weighted by molar-refractivity contribution is 5.96. The normalized spacial score (nSPS) is 26.0. The number of ether oxygens (including phenoxy) is 3. The molecule has 0 spiro atoms. The van der Waals surface area contributed by atoms with Crippen molar-refractivity contribution in [1.29, 1.82) is 0 Å². The predicted octanol–water partition coefficient (Wildman–Crippen LogP) is 3.51. The molecule has 2 fully saturated rings. The molecule has 1 aromatic carbocycles. The minimum Gasteiger partial charge on any atom is -0.493 e. The van der Waals surface area contributed by atoms with Gasteiger partial charge in [0.2, 0.25) is 5.75 Å². The van der Waals surface area contributed by atoms with Crippen molar-refractivity contribution in [3.63, 3.8) is 0 Å². The summed E-state index contributed by atoms with van der Waals surface area (Å²) in [6.45, 7) is 2.16. The lowest BCUT2D eigenvalue weighted by molar-refractivity contribution is 0.0632. The van der Waals surface area contributed by atoms with Crippen LogP contribution in [0.1, 0.15) is 49.4 Å². The van der Waals surface area contributed by atoms with Gasteiger partial charge in [0.05, 0.1) is 21.3 Å². The maximum Gasteiger partial charge on any atom is 0.254 e. The van der Waals surface area contributed by atoms with E-state index >= 15 is 0 Å². The van der Waals surface area contributed by atoms with E-state index in [0.717, 1.165) is 12.8 Å². The summed E-state index contributed by atoms with van der Waals surface area (Å²) in [6, 6.07) is 4.17. The molecule has 5 nitrogen and oxygen atoms in total. The average molecular weight is 333 g/mol. The molecule has 0 aromatic heterocycles. The van der Waals surface area contributed by atoms with Crippen LogP contribution in [-0.4, -0.2) is 44.2 Å². The highest BCUT2D eigenvalue weighted by Gasteiger charge is 2.42. The number of rotatable bonds is 4. The summed E-state index contributed by atoms with van der Waals surface area (Å²) in [5.41, 5.74) is 0.600. The first-order chi connectivity index (χ1) is 11.6. The quantitative estimate of drug-likeness (QED) is 0.846. The predicted molar refractivity (Wildman–Crippen MR) is 92.1 cm³/mol. The van der Waals surface area contributed by atoms with Crippen LogP contribution < -0.4 is 14.2 Å². The van der Waals surface area contributed by atoms with E-state index in [1.54, 1.807) is 33.5 Å². The molecule has 1 saturated heterocycles. The summed E-state index contributed by atoms with van der Waals surface area (Å²) in [4.78, 5) is 15.3. The van der Waals surface area contributed by atoms with Gasteiger partial charge in [-0.15, -0.1) is 0 Å². The Balaban J connectivity index is 1.94. The van der Waals surface area contributed by atoms with Gasteiger partial charge in [-0.3, -0.25) is 4.79 Å². The van der Waals surface area contributed by atoms with Gasteiger partial charge in [0.15, 0.2) is 11.5 Å². The maximum absolute atomic E-state index is 13.2. The summed E-state index contributed by atoms with van der Waals surface area (Å²) in [5, 5.41) is 0. The van der Waals surface area contributed by atoms with Crippen molar-refractivity contribution in [1.82, 2.24) is 4.90 Å². The van der Waals surface area contributed by atoms with Crippen LogP contribution in [0.2, 0.25) is 0 Å². The molecule has 1 saturated carbocycles. The van der Waals surface area contributed by atoms with Gasteiger partial charge < -0.3 is 19.1 Å². The Morgan fingerprint density at radius 2 is 1.67 bits per heavy atom. The SMILES string of the molecule is COc1cc(C(=O)N2C(C)CC3CCCCC32)cc(OC)c1OC. The number of carbonyl (C=O) groups is 1. The summed E-state index contributed by atoms with van der Waals surface area (Å²) < 4.78 is 16.1. The molecule has 0 bridgehead atoms. The lowest BCUT2D eigenvalue weighted by Gasteiger charge is -2.33. The Morgan fingerprint density at radius 3 is 2.25 bits per heavy atom. The zero-order valence-electron chi connectivity index (χ0n) is 15.0. The number of fused-ring (bicyclic) bond motifs is 1. The van der Waals surface area contributed by atoms with Crippen molar-refractivity contribution < 1.29 is 19.0 Å². The smallest absolute Gasteiger partial charge is 0.254 e. The van der Waals surface area contributed by atoms with Gasteiger partial charge >= 0.3 is 0 Å². The molecule has 5 heteroatoms. The van der Waals surface area contributed by atoms with E-state index in [-0.39, 0.29) is 11.9 Å². The monoisotopic (exact) mass is 333 g/mol. The number of amides is 1. The van der Waals surface area contributed by atoms with Crippen LogP contribution >= 0.6 is 0 Å².